The summed E-state index contributed by atoms with van der Waals surface area (Å²) in [5.74, 6) is 0.176. The summed E-state index contributed by atoms with van der Waals surface area (Å²) in [7, 11) is 0. The van der Waals surface area contributed by atoms with Crippen molar-refractivity contribution in [1.29, 1.82) is 5.41 Å². The Morgan fingerprint density at radius 3 is 2.47 bits per heavy atom. The molecule has 0 heterocycles. The zero-order chi connectivity index (χ0) is 13.8. The summed E-state index contributed by atoms with van der Waals surface area (Å²) >= 11 is 3.43. The van der Waals surface area contributed by atoms with Crippen molar-refractivity contribution >= 4 is 21.6 Å². The highest BCUT2D eigenvalue weighted by Gasteiger charge is 2.14. The maximum absolute atomic E-state index is 9.76. The lowest BCUT2D eigenvalue weighted by molar-refractivity contribution is 0.462. The van der Waals surface area contributed by atoms with Gasteiger partial charge in [0.05, 0.1) is 0 Å². The van der Waals surface area contributed by atoms with E-state index in [0.29, 0.717) is 17.7 Å². The minimum atomic E-state index is -0.388. The van der Waals surface area contributed by atoms with Crippen molar-refractivity contribution in [3.63, 3.8) is 0 Å². The number of aromatic hydroxyl groups is 1. The third-order valence-corrected chi connectivity index (χ3v) is 3.65. The highest BCUT2D eigenvalue weighted by atomic mass is 79.9. The fourth-order valence-electron chi connectivity index (χ4n) is 1.95. The van der Waals surface area contributed by atoms with Crippen LogP contribution in [0.2, 0.25) is 0 Å². The SMILES string of the molecule is N=C(CC(N)c1ccccc1O)c1ccccc1Br. The molecule has 1 unspecified atom stereocenters. The Kier molecular flexibility index (Phi) is 4.35. The van der Waals surface area contributed by atoms with E-state index in [0.717, 1.165) is 10.0 Å². The predicted octanol–water partition coefficient (Wildman–Crippen LogP) is 3.61. The summed E-state index contributed by atoms with van der Waals surface area (Å²) in [6.07, 6.45) is 0.375. The van der Waals surface area contributed by atoms with E-state index in [1.807, 2.05) is 30.3 Å². The first-order chi connectivity index (χ1) is 9.09. The summed E-state index contributed by atoms with van der Waals surface area (Å²) in [5, 5.41) is 17.9. The average Bonchev–Trinajstić information content (AvgIpc) is 2.39. The van der Waals surface area contributed by atoms with Crippen LogP contribution in [0.25, 0.3) is 0 Å². The van der Waals surface area contributed by atoms with Gasteiger partial charge < -0.3 is 16.2 Å². The molecule has 2 aromatic rings. The van der Waals surface area contributed by atoms with Crippen molar-refractivity contribution in [3.05, 3.63) is 64.1 Å². The fraction of sp³-hybridized carbons (Fsp3) is 0.133. The molecule has 0 radical (unpaired) electrons. The largest absolute Gasteiger partial charge is 0.508 e. The molecule has 0 aliphatic heterocycles. The first-order valence-electron chi connectivity index (χ1n) is 5.95. The van der Waals surface area contributed by atoms with E-state index in [4.69, 9.17) is 11.1 Å². The van der Waals surface area contributed by atoms with Gasteiger partial charge in [-0.05, 0) is 12.1 Å². The third kappa shape index (κ3) is 3.22. The molecule has 0 saturated carbocycles. The number of hydrogen-bond acceptors (Lipinski definition) is 3. The van der Waals surface area contributed by atoms with Gasteiger partial charge in [-0.25, -0.2) is 0 Å². The first kappa shape index (κ1) is 13.8. The number of hydrogen-bond donors (Lipinski definition) is 3. The molecule has 2 rings (SSSR count). The molecular weight excluding hydrogens is 304 g/mol. The molecule has 0 spiro atoms. The van der Waals surface area contributed by atoms with Crippen molar-refractivity contribution in [2.45, 2.75) is 12.5 Å². The van der Waals surface area contributed by atoms with Gasteiger partial charge in [0.25, 0.3) is 0 Å². The molecule has 98 valence electrons. The highest BCUT2D eigenvalue weighted by Crippen LogP contribution is 2.26. The van der Waals surface area contributed by atoms with Crippen LogP contribution in [0.5, 0.6) is 5.75 Å². The Morgan fingerprint density at radius 1 is 1.16 bits per heavy atom. The number of phenolic OH excluding ortho intramolecular Hbond substituents is 1. The number of nitrogens with two attached hydrogens (primary N) is 1. The van der Waals surface area contributed by atoms with E-state index in [1.54, 1.807) is 18.2 Å². The molecule has 19 heavy (non-hydrogen) atoms. The quantitative estimate of drug-likeness (QED) is 0.753. The Labute approximate surface area is 120 Å². The summed E-state index contributed by atoms with van der Waals surface area (Å²) in [6, 6.07) is 14.2. The average molecular weight is 319 g/mol. The van der Waals surface area contributed by atoms with E-state index in [2.05, 4.69) is 15.9 Å². The molecule has 0 fully saturated rings. The minimum absolute atomic E-state index is 0.176. The lowest BCUT2D eigenvalue weighted by Crippen LogP contribution is -2.16. The molecule has 0 aliphatic carbocycles. The smallest absolute Gasteiger partial charge is 0.120 e. The monoisotopic (exact) mass is 318 g/mol. The highest BCUT2D eigenvalue weighted by molar-refractivity contribution is 9.10. The van der Waals surface area contributed by atoms with Crippen LogP contribution in [-0.2, 0) is 0 Å². The Hall–Kier alpha value is -1.65. The topological polar surface area (TPSA) is 70.1 Å². The molecule has 0 amide bonds. The van der Waals surface area contributed by atoms with Crippen LogP contribution in [0, 0.1) is 5.41 Å². The summed E-state index contributed by atoms with van der Waals surface area (Å²) < 4.78 is 0.879. The van der Waals surface area contributed by atoms with Crippen LogP contribution in [-0.4, -0.2) is 10.8 Å². The van der Waals surface area contributed by atoms with Crippen LogP contribution in [0.3, 0.4) is 0 Å². The zero-order valence-corrected chi connectivity index (χ0v) is 11.9. The molecule has 0 aliphatic rings. The van der Waals surface area contributed by atoms with Gasteiger partial charge in [0.15, 0.2) is 0 Å². The first-order valence-corrected chi connectivity index (χ1v) is 6.74. The molecule has 2 aromatic carbocycles. The number of phenols is 1. The summed E-state index contributed by atoms with van der Waals surface area (Å²) in [4.78, 5) is 0. The van der Waals surface area contributed by atoms with Crippen molar-refractivity contribution in [1.82, 2.24) is 0 Å². The lowest BCUT2D eigenvalue weighted by Gasteiger charge is -2.15. The summed E-state index contributed by atoms with van der Waals surface area (Å²) in [6.45, 7) is 0. The second-order valence-corrected chi connectivity index (χ2v) is 5.18. The second kappa shape index (κ2) is 5.99. The van der Waals surface area contributed by atoms with E-state index in [-0.39, 0.29) is 11.8 Å². The normalized spacial score (nSPS) is 12.1. The Morgan fingerprint density at radius 2 is 1.79 bits per heavy atom. The van der Waals surface area contributed by atoms with Gasteiger partial charge in [-0.2, -0.15) is 0 Å². The number of nitrogens with one attached hydrogen (secondary N) is 1. The van der Waals surface area contributed by atoms with E-state index in [1.165, 1.54) is 0 Å². The Bertz CT molecular complexity index is 598. The molecular formula is C15H15BrN2O. The zero-order valence-electron chi connectivity index (χ0n) is 10.3. The molecule has 4 heteroatoms. The molecule has 0 aromatic heterocycles. The summed E-state index contributed by atoms with van der Waals surface area (Å²) in [5.41, 5.74) is 8.01. The second-order valence-electron chi connectivity index (χ2n) is 4.33. The van der Waals surface area contributed by atoms with Gasteiger partial charge in [0.1, 0.15) is 5.75 Å². The standard InChI is InChI=1S/C15H15BrN2O/c16-12-7-3-1-5-10(12)13(17)9-14(18)11-6-2-4-8-15(11)19/h1-8,14,17,19H,9,18H2. The van der Waals surface area contributed by atoms with Gasteiger partial charge in [0.2, 0.25) is 0 Å². The van der Waals surface area contributed by atoms with Crippen LogP contribution >= 0.6 is 15.9 Å². The van der Waals surface area contributed by atoms with Gasteiger partial charge in [-0.1, -0.05) is 52.3 Å². The lowest BCUT2D eigenvalue weighted by atomic mass is 9.97. The van der Waals surface area contributed by atoms with Crippen LogP contribution in [0.4, 0.5) is 0 Å². The number of benzene rings is 2. The van der Waals surface area contributed by atoms with Gasteiger partial charge in [-0.15, -0.1) is 0 Å². The fourth-order valence-corrected chi connectivity index (χ4v) is 2.47. The Balaban J connectivity index is 2.16. The van der Waals surface area contributed by atoms with Crippen molar-refractivity contribution < 1.29 is 5.11 Å². The van der Waals surface area contributed by atoms with E-state index in [9.17, 15) is 5.11 Å². The molecule has 3 nitrogen and oxygen atoms in total. The maximum Gasteiger partial charge on any atom is 0.120 e. The van der Waals surface area contributed by atoms with Gasteiger partial charge >= 0.3 is 0 Å². The van der Waals surface area contributed by atoms with Gasteiger partial charge in [-0.3, -0.25) is 0 Å². The van der Waals surface area contributed by atoms with Crippen molar-refractivity contribution in [3.8, 4) is 5.75 Å². The van der Waals surface area contributed by atoms with Crippen LogP contribution < -0.4 is 5.73 Å². The van der Waals surface area contributed by atoms with Crippen LogP contribution in [0.15, 0.2) is 53.0 Å². The van der Waals surface area contributed by atoms with E-state index < -0.39 is 0 Å². The molecule has 0 saturated heterocycles. The minimum Gasteiger partial charge on any atom is -0.508 e. The van der Waals surface area contributed by atoms with E-state index >= 15 is 0 Å². The molecule has 1 atom stereocenters. The van der Waals surface area contributed by atoms with Crippen molar-refractivity contribution in [2.75, 3.05) is 0 Å². The number of halogens is 1. The van der Waals surface area contributed by atoms with Gasteiger partial charge in [0, 0.05) is 33.8 Å². The molecule has 0 bridgehead atoms. The molecule has 4 N–H and O–H groups in total. The maximum atomic E-state index is 9.76. The number of rotatable bonds is 4. The van der Waals surface area contributed by atoms with Crippen LogP contribution in [0.1, 0.15) is 23.6 Å². The predicted molar refractivity (Wildman–Crippen MR) is 80.6 cm³/mol. The number of para-hydroxylation sites is 1. The van der Waals surface area contributed by atoms with Crippen molar-refractivity contribution in [2.24, 2.45) is 5.73 Å². The third-order valence-electron chi connectivity index (χ3n) is 2.96.